The summed E-state index contributed by atoms with van der Waals surface area (Å²) in [5.41, 5.74) is 1.26. The van der Waals surface area contributed by atoms with Crippen molar-refractivity contribution >= 4 is 21.7 Å². The van der Waals surface area contributed by atoms with Gasteiger partial charge in [-0.15, -0.1) is 0 Å². The quantitative estimate of drug-likeness (QED) is 0.927. The lowest BCUT2D eigenvalue weighted by Gasteiger charge is -2.27. The molecule has 98 valence electrons. The van der Waals surface area contributed by atoms with Gasteiger partial charge in [0, 0.05) is 31.4 Å². The van der Waals surface area contributed by atoms with E-state index in [1.165, 1.54) is 31.2 Å². The highest BCUT2D eigenvalue weighted by atomic mass is 79.9. The molecule has 1 N–H and O–H groups in total. The molecular formula is C14H20BrN3. The normalized spacial score (nSPS) is 23.7. The summed E-state index contributed by atoms with van der Waals surface area (Å²) in [5, 5.41) is 3.65. The van der Waals surface area contributed by atoms with Gasteiger partial charge >= 0.3 is 0 Å². The van der Waals surface area contributed by atoms with Crippen LogP contribution < -0.4 is 10.2 Å². The number of aromatic nitrogens is 1. The molecule has 1 saturated heterocycles. The summed E-state index contributed by atoms with van der Waals surface area (Å²) in [4.78, 5) is 7.03. The molecule has 0 aromatic carbocycles. The van der Waals surface area contributed by atoms with Crippen molar-refractivity contribution in [3.63, 3.8) is 0 Å². The van der Waals surface area contributed by atoms with E-state index < -0.39 is 0 Å². The smallest absolute Gasteiger partial charge is 0.143 e. The summed E-state index contributed by atoms with van der Waals surface area (Å²) in [6.45, 7) is 4.36. The lowest BCUT2D eigenvalue weighted by atomic mass is 10.2. The fourth-order valence-electron chi connectivity index (χ4n) is 2.64. The van der Waals surface area contributed by atoms with Gasteiger partial charge in [-0.3, -0.25) is 0 Å². The van der Waals surface area contributed by atoms with Gasteiger partial charge in [-0.2, -0.15) is 0 Å². The maximum atomic E-state index is 4.57. The van der Waals surface area contributed by atoms with Gasteiger partial charge in [0.1, 0.15) is 5.82 Å². The summed E-state index contributed by atoms with van der Waals surface area (Å²) in [7, 11) is 0. The molecule has 1 aliphatic heterocycles. The summed E-state index contributed by atoms with van der Waals surface area (Å²) >= 11 is 3.69. The fourth-order valence-corrected chi connectivity index (χ4v) is 3.11. The first-order valence-corrected chi connectivity index (χ1v) is 7.66. The number of hydrogen-bond donors (Lipinski definition) is 1. The maximum Gasteiger partial charge on any atom is 0.143 e. The monoisotopic (exact) mass is 309 g/mol. The van der Waals surface area contributed by atoms with E-state index in [0.29, 0.717) is 6.04 Å². The Hall–Kier alpha value is -0.610. The van der Waals surface area contributed by atoms with Crippen molar-refractivity contribution in [2.75, 3.05) is 18.0 Å². The Morgan fingerprint density at radius 3 is 3.06 bits per heavy atom. The predicted molar refractivity (Wildman–Crippen MR) is 78.1 cm³/mol. The molecule has 0 radical (unpaired) electrons. The van der Waals surface area contributed by atoms with Gasteiger partial charge in [-0.25, -0.2) is 4.98 Å². The van der Waals surface area contributed by atoms with Crippen LogP contribution in [0.15, 0.2) is 16.7 Å². The van der Waals surface area contributed by atoms with Crippen LogP contribution in [0.5, 0.6) is 0 Å². The second-order valence-corrected chi connectivity index (χ2v) is 6.23. The molecule has 3 nitrogen and oxygen atoms in total. The first-order chi connectivity index (χ1) is 8.75. The van der Waals surface area contributed by atoms with Crippen LogP contribution in [0.1, 0.15) is 31.2 Å². The zero-order valence-electron chi connectivity index (χ0n) is 10.8. The van der Waals surface area contributed by atoms with Gasteiger partial charge in [0.05, 0.1) is 4.47 Å². The molecule has 0 amide bonds. The average molecular weight is 310 g/mol. The van der Waals surface area contributed by atoms with Crippen molar-refractivity contribution < 1.29 is 0 Å². The minimum absolute atomic E-state index is 0.608. The van der Waals surface area contributed by atoms with Crippen LogP contribution in [0.3, 0.4) is 0 Å². The zero-order chi connectivity index (χ0) is 12.5. The second-order valence-electron chi connectivity index (χ2n) is 5.44. The van der Waals surface area contributed by atoms with E-state index in [0.717, 1.165) is 29.4 Å². The third-order valence-corrected chi connectivity index (χ3v) is 4.91. The Labute approximate surface area is 117 Å². The molecule has 0 bridgehead atoms. The lowest BCUT2D eigenvalue weighted by molar-refractivity contribution is 0.568. The van der Waals surface area contributed by atoms with Crippen LogP contribution in [-0.4, -0.2) is 30.2 Å². The van der Waals surface area contributed by atoms with Crippen LogP contribution in [-0.2, 0) is 0 Å². The minimum Gasteiger partial charge on any atom is -0.351 e. The van der Waals surface area contributed by atoms with Crippen LogP contribution in [0.4, 0.5) is 5.82 Å². The summed E-state index contributed by atoms with van der Waals surface area (Å²) in [5.74, 6) is 1.12. The Bertz CT molecular complexity index is 431. The molecular weight excluding hydrogens is 290 g/mol. The molecule has 3 rings (SSSR count). The Morgan fingerprint density at radius 2 is 2.28 bits per heavy atom. The van der Waals surface area contributed by atoms with E-state index in [9.17, 15) is 0 Å². The largest absolute Gasteiger partial charge is 0.351 e. The van der Waals surface area contributed by atoms with E-state index in [1.807, 2.05) is 6.20 Å². The standard InChI is InChI=1S/C14H20BrN3/c1-10-6-7-16-14(13(10)15)18-8-2-3-12(18)9-17-11-4-5-11/h6-7,11-12,17H,2-5,8-9H2,1H3. The van der Waals surface area contributed by atoms with Crippen LogP contribution in [0, 0.1) is 6.92 Å². The van der Waals surface area contributed by atoms with Crippen molar-refractivity contribution in [1.29, 1.82) is 0 Å². The molecule has 1 aromatic rings. The van der Waals surface area contributed by atoms with E-state index in [-0.39, 0.29) is 0 Å². The molecule has 1 unspecified atom stereocenters. The predicted octanol–water partition coefficient (Wildman–Crippen LogP) is 2.87. The molecule has 18 heavy (non-hydrogen) atoms. The van der Waals surface area contributed by atoms with E-state index >= 15 is 0 Å². The highest BCUT2D eigenvalue weighted by Crippen LogP contribution is 2.32. The third-order valence-electron chi connectivity index (χ3n) is 3.93. The van der Waals surface area contributed by atoms with Gasteiger partial charge in [0.25, 0.3) is 0 Å². The van der Waals surface area contributed by atoms with Gasteiger partial charge in [0.15, 0.2) is 0 Å². The number of hydrogen-bond acceptors (Lipinski definition) is 3. The summed E-state index contributed by atoms with van der Waals surface area (Å²) in [6, 6.07) is 3.46. The van der Waals surface area contributed by atoms with E-state index in [1.54, 1.807) is 0 Å². The SMILES string of the molecule is Cc1ccnc(N2CCCC2CNC2CC2)c1Br. The summed E-state index contributed by atoms with van der Waals surface area (Å²) < 4.78 is 1.16. The van der Waals surface area contributed by atoms with E-state index in [4.69, 9.17) is 0 Å². The van der Waals surface area contributed by atoms with Crippen molar-refractivity contribution in [2.45, 2.75) is 44.7 Å². The maximum absolute atomic E-state index is 4.57. The Morgan fingerprint density at radius 1 is 1.44 bits per heavy atom. The number of anilines is 1. The number of halogens is 1. The first-order valence-electron chi connectivity index (χ1n) is 6.87. The average Bonchev–Trinajstić information content (AvgIpc) is 3.08. The number of pyridine rings is 1. The van der Waals surface area contributed by atoms with Crippen LogP contribution in [0.2, 0.25) is 0 Å². The fraction of sp³-hybridized carbons (Fsp3) is 0.643. The van der Waals surface area contributed by atoms with Gasteiger partial charge in [-0.05, 0) is 60.2 Å². The minimum atomic E-state index is 0.608. The van der Waals surface area contributed by atoms with Crippen molar-refractivity contribution in [2.24, 2.45) is 0 Å². The first kappa shape index (κ1) is 12.4. The molecule has 1 aliphatic carbocycles. The molecule has 1 atom stereocenters. The van der Waals surface area contributed by atoms with Gasteiger partial charge in [-0.1, -0.05) is 0 Å². The molecule has 2 heterocycles. The lowest BCUT2D eigenvalue weighted by Crippen LogP contribution is -2.39. The van der Waals surface area contributed by atoms with Gasteiger partial charge < -0.3 is 10.2 Å². The van der Waals surface area contributed by atoms with Crippen molar-refractivity contribution in [3.05, 3.63) is 22.3 Å². The Kier molecular flexibility index (Phi) is 3.57. The zero-order valence-corrected chi connectivity index (χ0v) is 12.4. The van der Waals surface area contributed by atoms with Crippen molar-refractivity contribution in [3.8, 4) is 0 Å². The number of rotatable bonds is 4. The highest BCUT2D eigenvalue weighted by molar-refractivity contribution is 9.10. The topological polar surface area (TPSA) is 28.2 Å². The van der Waals surface area contributed by atoms with Crippen LogP contribution >= 0.6 is 15.9 Å². The molecule has 1 aromatic heterocycles. The molecule has 2 fully saturated rings. The summed E-state index contributed by atoms with van der Waals surface area (Å²) in [6.07, 6.45) is 7.19. The van der Waals surface area contributed by atoms with Crippen molar-refractivity contribution in [1.82, 2.24) is 10.3 Å². The van der Waals surface area contributed by atoms with E-state index in [2.05, 4.69) is 44.1 Å². The number of aryl methyl sites for hydroxylation is 1. The molecule has 1 saturated carbocycles. The van der Waals surface area contributed by atoms with Gasteiger partial charge in [0.2, 0.25) is 0 Å². The highest BCUT2D eigenvalue weighted by Gasteiger charge is 2.29. The molecule has 2 aliphatic rings. The number of nitrogens with one attached hydrogen (secondary N) is 1. The Balaban J connectivity index is 1.74. The molecule has 4 heteroatoms. The number of nitrogens with zero attached hydrogens (tertiary/aromatic N) is 2. The van der Waals surface area contributed by atoms with Crippen LogP contribution in [0.25, 0.3) is 0 Å². The molecule has 0 spiro atoms. The third kappa shape index (κ3) is 2.54. The second kappa shape index (κ2) is 5.17.